The number of benzene rings is 1. The van der Waals surface area contributed by atoms with Gasteiger partial charge in [0, 0.05) is 25.2 Å². The Labute approximate surface area is 120 Å². The molecule has 8 nitrogen and oxygen atoms in total. The number of piperidine rings is 1. The van der Waals surface area contributed by atoms with E-state index in [0.717, 1.165) is 0 Å². The first-order chi connectivity index (χ1) is 9.97. The quantitative estimate of drug-likeness (QED) is 0.390. The van der Waals surface area contributed by atoms with Gasteiger partial charge in [0.1, 0.15) is 5.75 Å². The van der Waals surface area contributed by atoms with Gasteiger partial charge in [0.2, 0.25) is 0 Å². The second-order valence-electron chi connectivity index (χ2n) is 4.77. The summed E-state index contributed by atoms with van der Waals surface area (Å²) >= 11 is 0. The van der Waals surface area contributed by atoms with Crippen molar-refractivity contribution >= 4 is 17.7 Å². The number of rotatable bonds is 3. The summed E-state index contributed by atoms with van der Waals surface area (Å²) in [6, 6.07) is 4.83. The van der Waals surface area contributed by atoms with E-state index in [1.807, 2.05) is 0 Å². The molecule has 2 N–H and O–H groups in total. The fourth-order valence-corrected chi connectivity index (χ4v) is 2.17. The van der Waals surface area contributed by atoms with Gasteiger partial charge in [0.05, 0.1) is 10.8 Å². The fourth-order valence-electron chi connectivity index (χ4n) is 2.17. The van der Waals surface area contributed by atoms with E-state index < -0.39 is 16.9 Å². The molecule has 21 heavy (non-hydrogen) atoms. The zero-order chi connectivity index (χ0) is 15.4. The molecule has 1 fully saturated rings. The lowest BCUT2D eigenvalue weighted by Gasteiger charge is -2.29. The molecule has 1 saturated heterocycles. The number of nitrogens with zero attached hydrogens (tertiary/aromatic N) is 2. The third kappa shape index (κ3) is 3.68. The molecule has 0 saturated carbocycles. The Balaban J connectivity index is 1.90. The topological polar surface area (TPSA) is 116 Å². The standard InChI is InChI=1S/C13H15N3O5/c14-13(18)15-7-5-9(6-8-15)12(17)21-11-3-1-10(2-4-11)16(19)20/h1-4,9H,5-8H2,(H2,14,18). The van der Waals surface area contributed by atoms with Crippen LogP contribution in [0.4, 0.5) is 10.5 Å². The fraction of sp³-hybridized carbons (Fsp3) is 0.385. The number of primary amides is 1. The van der Waals surface area contributed by atoms with Crippen LogP contribution >= 0.6 is 0 Å². The zero-order valence-electron chi connectivity index (χ0n) is 11.2. The average Bonchev–Trinajstić information content (AvgIpc) is 2.47. The summed E-state index contributed by atoms with van der Waals surface area (Å²) in [6.45, 7) is 0.852. The van der Waals surface area contributed by atoms with E-state index in [1.165, 1.54) is 29.2 Å². The van der Waals surface area contributed by atoms with E-state index in [0.29, 0.717) is 25.9 Å². The van der Waals surface area contributed by atoms with Crippen molar-refractivity contribution in [2.75, 3.05) is 13.1 Å². The highest BCUT2D eigenvalue weighted by molar-refractivity contribution is 5.76. The molecule has 0 spiro atoms. The molecule has 0 aromatic heterocycles. The van der Waals surface area contributed by atoms with Crippen LogP contribution in [-0.2, 0) is 4.79 Å². The van der Waals surface area contributed by atoms with Crippen molar-refractivity contribution in [3.05, 3.63) is 34.4 Å². The number of nitro benzene ring substituents is 1. The van der Waals surface area contributed by atoms with Crippen molar-refractivity contribution in [3.63, 3.8) is 0 Å². The third-order valence-corrected chi connectivity index (χ3v) is 3.41. The number of carbonyl (C=O) groups is 2. The van der Waals surface area contributed by atoms with Gasteiger partial charge < -0.3 is 15.4 Å². The Kier molecular flexibility index (Phi) is 4.36. The summed E-state index contributed by atoms with van der Waals surface area (Å²) in [6.07, 6.45) is 0.990. The molecule has 1 aromatic carbocycles. The molecule has 8 heteroatoms. The minimum Gasteiger partial charge on any atom is -0.426 e. The van der Waals surface area contributed by atoms with Gasteiger partial charge in [0.25, 0.3) is 5.69 Å². The van der Waals surface area contributed by atoms with Crippen molar-refractivity contribution in [2.24, 2.45) is 11.7 Å². The number of esters is 1. The molecule has 0 unspecified atom stereocenters. The highest BCUT2D eigenvalue weighted by Crippen LogP contribution is 2.22. The number of hydrogen-bond acceptors (Lipinski definition) is 5. The van der Waals surface area contributed by atoms with Gasteiger partial charge in [-0.1, -0.05) is 0 Å². The highest BCUT2D eigenvalue weighted by atomic mass is 16.6. The van der Waals surface area contributed by atoms with Crippen LogP contribution in [-0.4, -0.2) is 34.9 Å². The number of non-ortho nitro benzene ring substituents is 1. The smallest absolute Gasteiger partial charge is 0.314 e. The van der Waals surface area contributed by atoms with E-state index in [-0.39, 0.29) is 17.4 Å². The number of hydrogen-bond donors (Lipinski definition) is 1. The molecule has 1 aliphatic rings. The molecule has 2 amide bonds. The first-order valence-electron chi connectivity index (χ1n) is 6.48. The predicted molar refractivity (Wildman–Crippen MR) is 72.6 cm³/mol. The van der Waals surface area contributed by atoms with Crippen molar-refractivity contribution in [3.8, 4) is 5.75 Å². The maximum absolute atomic E-state index is 12.0. The molecule has 112 valence electrons. The van der Waals surface area contributed by atoms with Crippen molar-refractivity contribution in [1.82, 2.24) is 4.90 Å². The zero-order valence-corrected chi connectivity index (χ0v) is 11.2. The lowest BCUT2D eigenvalue weighted by atomic mass is 9.97. The summed E-state index contributed by atoms with van der Waals surface area (Å²) in [7, 11) is 0. The van der Waals surface area contributed by atoms with Crippen LogP contribution in [0, 0.1) is 16.0 Å². The van der Waals surface area contributed by atoms with Gasteiger partial charge in [-0.2, -0.15) is 0 Å². The minimum atomic E-state index is -0.523. The molecule has 0 atom stereocenters. The van der Waals surface area contributed by atoms with Gasteiger partial charge in [-0.15, -0.1) is 0 Å². The van der Waals surface area contributed by atoms with Crippen molar-refractivity contribution in [1.29, 1.82) is 0 Å². The van der Waals surface area contributed by atoms with Gasteiger partial charge in [-0.25, -0.2) is 4.79 Å². The van der Waals surface area contributed by atoms with Gasteiger partial charge in [-0.3, -0.25) is 14.9 Å². The predicted octanol–water partition coefficient (Wildman–Crippen LogP) is 1.29. The number of amides is 2. The van der Waals surface area contributed by atoms with Gasteiger partial charge in [0.15, 0.2) is 0 Å². The van der Waals surface area contributed by atoms with Crippen molar-refractivity contribution in [2.45, 2.75) is 12.8 Å². The Bertz CT molecular complexity index is 549. The second-order valence-corrected chi connectivity index (χ2v) is 4.77. The number of urea groups is 1. The number of ether oxygens (including phenoxy) is 1. The summed E-state index contributed by atoms with van der Waals surface area (Å²) < 4.78 is 5.19. The van der Waals surface area contributed by atoms with Crippen molar-refractivity contribution < 1.29 is 19.2 Å². The molecule has 2 rings (SSSR count). The van der Waals surface area contributed by atoms with Gasteiger partial charge >= 0.3 is 12.0 Å². The molecule has 1 aliphatic heterocycles. The Morgan fingerprint density at radius 3 is 2.29 bits per heavy atom. The first kappa shape index (κ1) is 14.8. The molecular formula is C13H15N3O5. The Morgan fingerprint density at radius 2 is 1.81 bits per heavy atom. The number of likely N-dealkylation sites (tertiary alicyclic amines) is 1. The molecular weight excluding hydrogens is 278 g/mol. The van der Waals surface area contributed by atoms with Crippen LogP contribution in [0.3, 0.4) is 0 Å². The normalized spacial score (nSPS) is 15.5. The highest BCUT2D eigenvalue weighted by Gasteiger charge is 2.27. The second kappa shape index (κ2) is 6.21. The number of carbonyl (C=O) groups excluding carboxylic acids is 2. The Morgan fingerprint density at radius 1 is 1.24 bits per heavy atom. The van der Waals surface area contributed by atoms with E-state index in [9.17, 15) is 19.7 Å². The summed E-state index contributed by atoms with van der Waals surface area (Å²) in [5.74, 6) is -0.424. The van der Waals surface area contributed by atoms with Crippen LogP contribution in [0.15, 0.2) is 24.3 Å². The van der Waals surface area contributed by atoms with Crippen LogP contribution in [0.25, 0.3) is 0 Å². The monoisotopic (exact) mass is 293 g/mol. The maximum Gasteiger partial charge on any atom is 0.314 e. The maximum atomic E-state index is 12.0. The average molecular weight is 293 g/mol. The van der Waals surface area contributed by atoms with Crippen LogP contribution in [0.1, 0.15) is 12.8 Å². The minimum absolute atomic E-state index is 0.0652. The lowest BCUT2D eigenvalue weighted by molar-refractivity contribution is -0.384. The van der Waals surface area contributed by atoms with Crippen LogP contribution in [0.2, 0.25) is 0 Å². The van der Waals surface area contributed by atoms with E-state index in [1.54, 1.807) is 0 Å². The molecule has 0 bridgehead atoms. The SMILES string of the molecule is NC(=O)N1CCC(C(=O)Oc2ccc([N+](=O)[O-])cc2)CC1. The largest absolute Gasteiger partial charge is 0.426 e. The lowest BCUT2D eigenvalue weighted by Crippen LogP contribution is -2.43. The third-order valence-electron chi connectivity index (χ3n) is 3.41. The summed E-state index contributed by atoms with van der Waals surface area (Å²) in [4.78, 5) is 34.4. The summed E-state index contributed by atoms with van der Waals surface area (Å²) in [5, 5.41) is 10.5. The summed E-state index contributed by atoms with van der Waals surface area (Å²) in [5.41, 5.74) is 5.10. The molecule has 0 aliphatic carbocycles. The van der Waals surface area contributed by atoms with Crippen LogP contribution < -0.4 is 10.5 Å². The van der Waals surface area contributed by atoms with E-state index >= 15 is 0 Å². The molecule has 1 aromatic rings. The van der Waals surface area contributed by atoms with Gasteiger partial charge in [-0.05, 0) is 25.0 Å². The Hall–Kier alpha value is -2.64. The molecule has 0 radical (unpaired) electrons. The van der Waals surface area contributed by atoms with E-state index in [2.05, 4.69) is 0 Å². The number of nitrogens with two attached hydrogens (primary N) is 1. The van der Waals surface area contributed by atoms with E-state index in [4.69, 9.17) is 10.5 Å². The van der Waals surface area contributed by atoms with Crippen LogP contribution in [0.5, 0.6) is 5.75 Å². The molecule has 1 heterocycles. The number of nitro groups is 1. The first-order valence-corrected chi connectivity index (χ1v) is 6.48.